The van der Waals surface area contributed by atoms with Crippen molar-refractivity contribution in [3.63, 3.8) is 0 Å². The molecule has 1 saturated heterocycles. The maximum Gasteiger partial charge on any atom is 0.240 e. The third-order valence-electron chi connectivity index (χ3n) is 4.39. The first kappa shape index (κ1) is 20.7. The first-order chi connectivity index (χ1) is 12.1. The quantitative estimate of drug-likeness (QED) is 0.771. The molecule has 2 aromatic rings. The first-order valence-electron chi connectivity index (χ1n) is 8.20. The van der Waals surface area contributed by atoms with E-state index in [-0.39, 0.29) is 29.3 Å². The Morgan fingerprint density at radius 3 is 2.62 bits per heavy atom. The summed E-state index contributed by atoms with van der Waals surface area (Å²) in [4.78, 5) is 15.0. The molecule has 3 rings (SSSR count). The van der Waals surface area contributed by atoms with Crippen LogP contribution < -0.4 is 5.32 Å². The lowest BCUT2D eigenvalue weighted by atomic mass is 10.1. The first-order valence-corrected chi connectivity index (χ1v) is 9.08. The van der Waals surface area contributed by atoms with Crippen molar-refractivity contribution in [2.45, 2.75) is 22.6 Å². The van der Waals surface area contributed by atoms with E-state index in [0.29, 0.717) is 0 Å². The van der Waals surface area contributed by atoms with Crippen LogP contribution in [0.2, 0.25) is 0 Å². The van der Waals surface area contributed by atoms with E-state index in [0.717, 1.165) is 55.0 Å². The fourth-order valence-corrected chi connectivity index (χ4v) is 4.09. The summed E-state index contributed by atoms with van der Waals surface area (Å²) in [5.74, 6) is -1.14. The largest absolute Gasteiger partial charge is 0.340 e. The maximum absolute atomic E-state index is 14.1. The number of nitrogens with one attached hydrogen (secondary N) is 1. The van der Waals surface area contributed by atoms with E-state index in [1.807, 2.05) is 30.3 Å². The van der Waals surface area contributed by atoms with Crippen LogP contribution in [0.1, 0.15) is 17.2 Å². The maximum atomic E-state index is 14.1. The van der Waals surface area contributed by atoms with Gasteiger partial charge in [-0.3, -0.25) is 4.79 Å². The zero-order chi connectivity index (χ0) is 17.8. The molecule has 2 atom stereocenters. The van der Waals surface area contributed by atoms with Crippen LogP contribution >= 0.6 is 24.2 Å². The molecule has 1 N–H and O–H groups in total. The number of nitrogens with zero attached hydrogens (tertiary/aromatic N) is 1. The minimum atomic E-state index is -0.622. The van der Waals surface area contributed by atoms with E-state index < -0.39 is 16.9 Å². The van der Waals surface area contributed by atoms with E-state index >= 15 is 0 Å². The fourth-order valence-electron chi connectivity index (χ4n) is 2.92. The van der Waals surface area contributed by atoms with Gasteiger partial charge in [0.15, 0.2) is 0 Å². The van der Waals surface area contributed by atoms with Crippen LogP contribution in [-0.2, 0) is 4.79 Å². The van der Waals surface area contributed by atoms with Crippen LogP contribution in [-0.4, -0.2) is 37.0 Å². The summed E-state index contributed by atoms with van der Waals surface area (Å²) in [6.45, 7) is 1.63. The summed E-state index contributed by atoms with van der Waals surface area (Å²) in [6, 6.07) is 12.7. The van der Waals surface area contributed by atoms with Crippen LogP contribution in [0, 0.1) is 11.6 Å². The molecule has 0 bridgehead atoms. The topological polar surface area (TPSA) is 32.3 Å². The van der Waals surface area contributed by atoms with Crippen molar-refractivity contribution in [3.05, 3.63) is 65.7 Å². The zero-order valence-corrected chi connectivity index (χ0v) is 16.0. The number of rotatable bonds is 5. The van der Waals surface area contributed by atoms with Gasteiger partial charge in [0.25, 0.3) is 0 Å². The number of carbonyl (C=O) groups excluding carboxylic acids is 1. The van der Waals surface area contributed by atoms with Gasteiger partial charge in [0.2, 0.25) is 5.91 Å². The molecule has 0 radical (unpaired) electrons. The molecule has 26 heavy (non-hydrogen) atoms. The van der Waals surface area contributed by atoms with Crippen molar-refractivity contribution in [2.24, 2.45) is 0 Å². The van der Waals surface area contributed by atoms with E-state index in [9.17, 15) is 13.6 Å². The number of thioether (sulfide) groups is 1. The number of hydrogen-bond donors (Lipinski definition) is 1. The summed E-state index contributed by atoms with van der Waals surface area (Å²) < 4.78 is 27.6. The van der Waals surface area contributed by atoms with E-state index in [4.69, 9.17) is 0 Å². The smallest absolute Gasteiger partial charge is 0.240 e. The Morgan fingerprint density at radius 2 is 1.96 bits per heavy atom. The molecule has 1 heterocycles. The molecule has 1 aliphatic rings. The highest BCUT2D eigenvalue weighted by Crippen LogP contribution is 2.38. The Balaban J connectivity index is 0.00000243. The molecule has 3 nitrogen and oxygen atoms in total. The Kier molecular flexibility index (Phi) is 7.43. The van der Waals surface area contributed by atoms with Crippen LogP contribution in [0.4, 0.5) is 8.78 Å². The summed E-state index contributed by atoms with van der Waals surface area (Å²) >= 11 is 1.05. The second-order valence-electron chi connectivity index (χ2n) is 6.08. The number of amides is 1. The molecule has 0 aliphatic carbocycles. The van der Waals surface area contributed by atoms with Crippen molar-refractivity contribution in [3.8, 4) is 0 Å². The van der Waals surface area contributed by atoms with E-state index in [1.165, 1.54) is 0 Å². The van der Waals surface area contributed by atoms with Crippen molar-refractivity contribution < 1.29 is 13.6 Å². The molecular formula is C19H21ClF2N2OS. The van der Waals surface area contributed by atoms with Gasteiger partial charge >= 0.3 is 0 Å². The summed E-state index contributed by atoms with van der Waals surface area (Å²) in [6.07, 6.45) is 0.892. The number of likely N-dealkylation sites (N-methyl/N-ethyl adjacent to an activating group) is 1. The minimum Gasteiger partial charge on any atom is -0.340 e. The highest BCUT2D eigenvalue weighted by atomic mass is 35.5. The number of carbonyl (C=O) groups is 1. The predicted octanol–water partition coefficient (Wildman–Crippen LogP) is 4.04. The second kappa shape index (κ2) is 9.35. The van der Waals surface area contributed by atoms with Crippen LogP contribution in [0.3, 0.4) is 0 Å². The average molecular weight is 399 g/mol. The van der Waals surface area contributed by atoms with Crippen molar-refractivity contribution in [2.75, 3.05) is 20.1 Å². The van der Waals surface area contributed by atoms with Crippen molar-refractivity contribution >= 4 is 30.1 Å². The van der Waals surface area contributed by atoms with Crippen molar-refractivity contribution in [1.82, 2.24) is 10.2 Å². The molecule has 140 valence electrons. The molecule has 1 aliphatic heterocycles. The van der Waals surface area contributed by atoms with Gasteiger partial charge in [-0.2, -0.15) is 0 Å². The Labute approximate surface area is 162 Å². The minimum absolute atomic E-state index is 0. The second-order valence-corrected chi connectivity index (χ2v) is 7.23. The molecule has 1 amide bonds. The third kappa shape index (κ3) is 4.75. The standard InChI is InChI=1S/C19H20F2N2OS.ClH/c1-23(15-9-10-22-12-15)19(24)18(13-5-3-2-4-6-13)25-17-11-14(20)7-8-16(17)21;/h2-8,11,15,18,22H,9-10,12H2,1H3;1H. The number of halogens is 3. The SMILES string of the molecule is CN(C(=O)C(Sc1cc(F)ccc1F)c1ccccc1)C1CCNC1.Cl. The van der Waals surface area contributed by atoms with E-state index in [2.05, 4.69) is 5.32 Å². The Morgan fingerprint density at radius 1 is 1.23 bits per heavy atom. The Hall–Kier alpha value is -1.63. The third-order valence-corrected chi connectivity index (χ3v) is 5.67. The van der Waals surface area contributed by atoms with Gasteiger partial charge < -0.3 is 10.2 Å². The lowest BCUT2D eigenvalue weighted by molar-refractivity contribution is -0.131. The normalized spacial score (nSPS) is 17.4. The van der Waals surface area contributed by atoms with Crippen molar-refractivity contribution in [1.29, 1.82) is 0 Å². The summed E-state index contributed by atoms with van der Waals surface area (Å²) in [5, 5.41) is 2.62. The van der Waals surface area contributed by atoms with Gasteiger partial charge in [-0.25, -0.2) is 8.78 Å². The van der Waals surface area contributed by atoms with Gasteiger partial charge in [-0.15, -0.1) is 24.2 Å². The fraction of sp³-hybridized carbons (Fsp3) is 0.316. The molecule has 7 heteroatoms. The molecule has 2 aromatic carbocycles. The lowest BCUT2D eigenvalue weighted by Crippen LogP contribution is -2.40. The van der Waals surface area contributed by atoms with Gasteiger partial charge in [-0.05, 0) is 36.7 Å². The monoisotopic (exact) mass is 398 g/mol. The van der Waals surface area contributed by atoms with Gasteiger partial charge in [0, 0.05) is 24.5 Å². The highest BCUT2D eigenvalue weighted by Gasteiger charge is 2.31. The molecule has 0 spiro atoms. The molecule has 0 aromatic heterocycles. The van der Waals surface area contributed by atoms with Crippen LogP contribution in [0.25, 0.3) is 0 Å². The number of benzene rings is 2. The Bertz CT molecular complexity index is 742. The van der Waals surface area contributed by atoms with Gasteiger partial charge in [-0.1, -0.05) is 30.3 Å². The van der Waals surface area contributed by atoms with Gasteiger partial charge in [0.1, 0.15) is 16.9 Å². The van der Waals surface area contributed by atoms with Crippen LogP contribution in [0.5, 0.6) is 0 Å². The van der Waals surface area contributed by atoms with Gasteiger partial charge in [0.05, 0.1) is 0 Å². The van der Waals surface area contributed by atoms with Crippen LogP contribution in [0.15, 0.2) is 53.4 Å². The molecular weight excluding hydrogens is 378 g/mol. The number of hydrogen-bond acceptors (Lipinski definition) is 3. The molecule has 2 unspecified atom stereocenters. The average Bonchev–Trinajstić information content (AvgIpc) is 3.16. The highest BCUT2D eigenvalue weighted by molar-refractivity contribution is 8.00. The molecule has 0 saturated carbocycles. The van der Waals surface area contributed by atoms with E-state index in [1.54, 1.807) is 11.9 Å². The predicted molar refractivity (Wildman–Crippen MR) is 103 cm³/mol. The molecule has 1 fully saturated rings. The lowest BCUT2D eigenvalue weighted by Gasteiger charge is -2.28. The summed E-state index contributed by atoms with van der Waals surface area (Å²) in [7, 11) is 1.78. The summed E-state index contributed by atoms with van der Waals surface area (Å²) in [5.41, 5.74) is 0.777. The zero-order valence-electron chi connectivity index (χ0n) is 14.3.